The normalized spacial score (nSPS) is 19.0. The quantitative estimate of drug-likeness (QED) is 0.646. The maximum Gasteiger partial charge on any atom is 0.404 e. The summed E-state index contributed by atoms with van der Waals surface area (Å²) in [4.78, 5) is 13.4. The number of hydrogen-bond donors (Lipinski definition) is 3. The molecule has 27 heavy (non-hydrogen) atoms. The van der Waals surface area contributed by atoms with E-state index in [1.165, 1.54) is 0 Å². The SMILES string of the molecule is Cc1ccc(S(=O)(=O)NNC2CC(COC(N)=O)Oc3ccccc32)cc1. The van der Waals surface area contributed by atoms with E-state index in [4.69, 9.17) is 15.2 Å². The summed E-state index contributed by atoms with van der Waals surface area (Å²) in [5.41, 5.74) is 9.64. The van der Waals surface area contributed by atoms with Gasteiger partial charge in [0.2, 0.25) is 0 Å². The van der Waals surface area contributed by atoms with Crippen molar-refractivity contribution in [2.75, 3.05) is 6.61 Å². The number of carbonyl (C=O) groups is 1. The first-order valence-corrected chi connectivity index (χ1v) is 9.85. The molecule has 4 N–H and O–H groups in total. The van der Waals surface area contributed by atoms with E-state index in [1.54, 1.807) is 30.3 Å². The number of hydrazine groups is 1. The van der Waals surface area contributed by atoms with E-state index in [0.717, 1.165) is 11.1 Å². The van der Waals surface area contributed by atoms with Crippen molar-refractivity contribution in [2.45, 2.75) is 30.4 Å². The standard InChI is InChI=1S/C18H21N3O5S/c1-12-6-8-14(9-7-12)27(23,24)21-20-16-10-13(11-25-18(19)22)26-17-5-3-2-4-15(16)17/h2-9,13,16,20-21H,10-11H2,1H3,(H2,19,22). The van der Waals surface area contributed by atoms with E-state index < -0.39 is 22.2 Å². The van der Waals surface area contributed by atoms with Gasteiger partial charge in [-0.15, -0.1) is 4.83 Å². The zero-order valence-electron chi connectivity index (χ0n) is 14.7. The molecule has 2 unspecified atom stereocenters. The monoisotopic (exact) mass is 391 g/mol. The molecule has 3 rings (SSSR count). The number of benzene rings is 2. The maximum atomic E-state index is 12.5. The molecule has 0 aromatic heterocycles. The number of rotatable bonds is 6. The number of nitrogens with two attached hydrogens (primary N) is 1. The van der Waals surface area contributed by atoms with Gasteiger partial charge in [0, 0.05) is 12.0 Å². The van der Waals surface area contributed by atoms with Gasteiger partial charge >= 0.3 is 6.09 Å². The molecular weight excluding hydrogens is 370 g/mol. The van der Waals surface area contributed by atoms with Gasteiger partial charge in [-0.1, -0.05) is 35.9 Å². The third-order valence-electron chi connectivity index (χ3n) is 4.20. The Kier molecular flexibility index (Phi) is 5.64. The molecule has 0 saturated heterocycles. The average molecular weight is 391 g/mol. The number of para-hydroxylation sites is 1. The Morgan fingerprint density at radius 2 is 1.93 bits per heavy atom. The van der Waals surface area contributed by atoms with Crippen LogP contribution in [0.5, 0.6) is 5.75 Å². The Morgan fingerprint density at radius 1 is 1.22 bits per heavy atom. The first kappa shape index (κ1) is 19.2. The minimum absolute atomic E-state index is 0.0213. The Bertz CT molecular complexity index is 915. The van der Waals surface area contributed by atoms with E-state index in [0.29, 0.717) is 12.2 Å². The van der Waals surface area contributed by atoms with Crippen LogP contribution in [-0.4, -0.2) is 27.2 Å². The van der Waals surface area contributed by atoms with Crippen LogP contribution < -0.4 is 20.7 Å². The molecule has 8 nitrogen and oxygen atoms in total. The lowest BCUT2D eigenvalue weighted by molar-refractivity contribution is 0.0648. The summed E-state index contributed by atoms with van der Waals surface area (Å²) in [6.45, 7) is 1.86. The number of primary amides is 1. The maximum absolute atomic E-state index is 12.5. The fraction of sp³-hybridized carbons (Fsp3) is 0.278. The Hall–Kier alpha value is -2.62. The van der Waals surface area contributed by atoms with Gasteiger partial charge in [-0.3, -0.25) is 0 Å². The topological polar surface area (TPSA) is 120 Å². The lowest BCUT2D eigenvalue weighted by Gasteiger charge is -2.32. The lowest BCUT2D eigenvalue weighted by atomic mass is 9.97. The molecule has 0 aliphatic carbocycles. The number of fused-ring (bicyclic) bond motifs is 1. The second-order valence-corrected chi connectivity index (χ2v) is 7.94. The fourth-order valence-electron chi connectivity index (χ4n) is 2.83. The highest BCUT2D eigenvalue weighted by Crippen LogP contribution is 2.34. The molecule has 0 saturated carbocycles. The second-order valence-electron chi connectivity index (χ2n) is 6.26. The predicted octanol–water partition coefficient (Wildman–Crippen LogP) is 1.77. The van der Waals surface area contributed by atoms with Crippen LogP contribution >= 0.6 is 0 Å². The third kappa shape index (κ3) is 4.76. The molecule has 0 fully saturated rings. The van der Waals surface area contributed by atoms with Gasteiger partial charge in [0.15, 0.2) is 0 Å². The lowest BCUT2D eigenvalue weighted by Crippen LogP contribution is -2.44. The molecule has 0 bridgehead atoms. The van der Waals surface area contributed by atoms with Crippen LogP contribution in [0.3, 0.4) is 0 Å². The molecule has 9 heteroatoms. The minimum Gasteiger partial charge on any atom is -0.486 e. The van der Waals surface area contributed by atoms with Gasteiger partial charge in [0.05, 0.1) is 10.9 Å². The molecule has 1 aliphatic rings. The van der Waals surface area contributed by atoms with Crippen LogP contribution in [0.2, 0.25) is 0 Å². The van der Waals surface area contributed by atoms with Crippen molar-refractivity contribution in [1.82, 2.24) is 10.3 Å². The smallest absolute Gasteiger partial charge is 0.404 e. The van der Waals surface area contributed by atoms with Crippen molar-refractivity contribution in [1.29, 1.82) is 0 Å². The van der Waals surface area contributed by atoms with Crippen molar-refractivity contribution in [3.8, 4) is 5.75 Å². The van der Waals surface area contributed by atoms with Crippen LogP contribution in [0.25, 0.3) is 0 Å². The largest absolute Gasteiger partial charge is 0.486 e. The number of amides is 1. The predicted molar refractivity (Wildman–Crippen MR) is 98.4 cm³/mol. The molecule has 144 valence electrons. The second kappa shape index (κ2) is 7.95. The van der Waals surface area contributed by atoms with Gasteiger partial charge in [0.25, 0.3) is 10.0 Å². The van der Waals surface area contributed by atoms with Crippen molar-refractivity contribution in [2.24, 2.45) is 5.73 Å². The number of hydrogen-bond acceptors (Lipinski definition) is 6. The fourth-order valence-corrected chi connectivity index (χ4v) is 3.74. The van der Waals surface area contributed by atoms with Crippen molar-refractivity contribution in [3.63, 3.8) is 0 Å². The van der Waals surface area contributed by atoms with Crippen LogP contribution in [0.4, 0.5) is 4.79 Å². The zero-order valence-corrected chi connectivity index (χ0v) is 15.5. The molecule has 2 aromatic rings. The van der Waals surface area contributed by atoms with E-state index in [9.17, 15) is 13.2 Å². The summed E-state index contributed by atoms with van der Waals surface area (Å²) in [5, 5.41) is 0. The zero-order chi connectivity index (χ0) is 19.4. The first-order valence-electron chi connectivity index (χ1n) is 8.37. The summed E-state index contributed by atoms with van der Waals surface area (Å²) in [7, 11) is -3.73. The Balaban J connectivity index is 1.74. The molecule has 0 spiro atoms. The van der Waals surface area contributed by atoms with E-state index in [1.807, 2.05) is 25.1 Å². The van der Waals surface area contributed by atoms with Crippen LogP contribution in [0.15, 0.2) is 53.4 Å². The highest BCUT2D eigenvalue weighted by Gasteiger charge is 2.30. The van der Waals surface area contributed by atoms with E-state index in [-0.39, 0.29) is 17.5 Å². The van der Waals surface area contributed by atoms with E-state index >= 15 is 0 Å². The molecule has 0 radical (unpaired) electrons. The van der Waals surface area contributed by atoms with Gasteiger partial charge in [-0.05, 0) is 25.1 Å². The van der Waals surface area contributed by atoms with Gasteiger partial charge < -0.3 is 15.2 Å². The first-order chi connectivity index (χ1) is 12.8. The van der Waals surface area contributed by atoms with Crippen LogP contribution in [0.1, 0.15) is 23.6 Å². The summed E-state index contributed by atoms with van der Waals surface area (Å²) in [5.74, 6) is 0.592. The van der Waals surface area contributed by atoms with Crippen molar-refractivity contribution < 1.29 is 22.7 Å². The molecule has 1 heterocycles. The van der Waals surface area contributed by atoms with Gasteiger partial charge in [-0.2, -0.15) is 0 Å². The summed E-state index contributed by atoms with van der Waals surface area (Å²) in [6, 6.07) is 13.5. The van der Waals surface area contributed by atoms with Crippen molar-refractivity contribution >= 4 is 16.1 Å². The van der Waals surface area contributed by atoms with Crippen LogP contribution in [0, 0.1) is 6.92 Å². The molecular formula is C18H21N3O5S. The van der Waals surface area contributed by atoms with Crippen LogP contribution in [-0.2, 0) is 14.8 Å². The molecule has 2 atom stereocenters. The Labute approximate surface area is 157 Å². The number of nitrogens with one attached hydrogen (secondary N) is 2. The molecule has 2 aromatic carbocycles. The van der Waals surface area contributed by atoms with Gasteiger partial charge in [-0.25, -0.2) is 18.6 Å². The highest BCUT2D eigenvalue weighted by atomic mass is 32.2. The highest BCUT2D eigenvalue weighted by molar-refractivity contribution is 7.89. The molecule has 1 amide bonds. The average Bonchev–Trinajstić information content (AvgIpc) is 2.65. The summed E-state index contributed by atoms with van der Waals surface area (Å²) >= 11 is 0. The van der Waals surface area contributed by atoms with Crippen molar-refractivity contribution in [3.05, 3.63) is 59.7 Å². The van der Waals surface area contributed by atoms with E-state index in [2.05, 4.69) is 10.3 Å². The molecule has 1 aliphatic heterocycles. The number of ether oxygens (including phenoxy) is 2. The Morgan fingerprint density at radius 3 is 2.63 bits per heavy atom. The minimum atomic E-state index is -3.73. The third-order valence-corrected chi connectivity index (χ3v) is 5.48. The van der Waals surface area contributed by atoms with Gasteiger partial charge in [0.1, 0.15) is 18.5 Å². The summed E-state index contributed by atoms with van der Waals surface area (Å²) in [6.07, 6.45) is -0.948. The summed E-state index contributed by atoms with van der Waals surface area (Å²) < 4.78 is 35.6. The number of aryl methyl sites for hydroxylation is 1. The number of sulfonamides is 1. The number of carbonyl (C=O) groups excluding carboxylic acids is 1.